The van der Waals surface area contributed by atoms with Gasteiger partial charge in [0.2, 0.25) is 0 Å². The minimum Gasteiger partial charge on any atom is -0.322 e. The van der Waals surface area contributed by atoms with Crippen LogP contribution in [0.4, 0.5) is 5.69 Å². The van der Waals surface area contributed by atoms with Crippen molar-refractivity contribution >= 4 is 28.3 Å². The number of hydrogen-bond donors (Lipinski definition) is 2. The zero-order valence-electron chi connectivity index (χ0n) is 14.6. The quantitative estimate of drug-likeness (QED) is 0.539. The van der Waals surface area contributed by atoms with Crippen LogP contribution in [0, 0.1) is 0 Å². The fourth-order valence-electron chi connectivity index (χ4n) is 2.90. The van der Waals surface area contributed by atoms with Gasteiger partial charge in [0.15, 0.2) is 5.78 Å². The summed E-state index contributed by atoms with van der Waals surface area (Å²) in [6.07, 6.45) is 3.16. The van der Waals surface area contributed by atoms with Gasteiger partial charge in [-0.3, -0.25) is 19.7 Å². The fraction of sp³-hybridized carbons (Fsp3) is 0.0476. The number of nitrogens with zero attached hydrogens (tertiary/aromatic N) is 2. The lowest BCUT2D eigenvalue weighted by atomic mass is 10.0. The number of nitrogens with one attached hydrogen (secondary N) is 2. The molecular weight excluding hydrogens is 340 g/mol. The molecule has 0 spiro atoms. The smallest absolute Gasteiger partial charge is 0.255 e. The number of benzene rings is 2. The Morgan fingerprint density at radius 1 is 0.963 bits per heavy atom. The van der Waals surface area contributed by atoms with E-state index in [1.165, 1.54) is 6.92 Å². The highest BCUT2D eigenvalue weighted by atomic mass is 16.1. The van der Waals surface area contributed by atoms with E-state index >= 15 is 0 Å². The van der Waals surface area contributed by atoms with Gasteiger partial charge in [0.05, 0.1) is 11.2 Å². The van der Waals surface area contributed by atoms with Crippen molar-refractivity contribution < 1.29 is 9.59 Å². The second-order valence-corrected chi connectivity index (χ2v) is 6.16. The van der Waals surface area contributed by atoms with Gasteiger partial charge in [-0.05, 0) is 43.3 Å². The SMILES string of the molecule is CC(=O)c1cccc(-c2n[nH]c3ccc(NC(=O)c4ccncc4)cc23)c1. The van der Waals surface area contributed by atoms with E-state index in [0.717, 1.165) is 22.2 Å². The van der Waals surface area contributed by atoms with Gasteiger partial charge in [-0.15, -0.1) is 0 Å². The zero-order valence-corrected chi connectivity index (χ0v) is 14.6. The third kappa shape index (κ3) is 3.32. The van der Waals surface area contributed by atoms with Gasteiger partial charge in [-0.2, -0.15) is 5.10 Å². The van der Waals surface area contributed by atoms with Crippen molar-refractivity contribution in [2.24, 2.45) is 0 Å². The Kier molecular flexibility index (Phi) is 4.22. The molecule has 0 aliphatic heterocycles. The molecule has 0 saturated heterocycles. The van der Waals surface area contributed by atoms with E-state index in [9.17, 15) is 9.59 Å². The number of carbonyl (C=O) groups is 2. The summed E-state index contributed by atoms with van der Waals surface area (Å²) in [5, 5.41) is 11.1. The number of aromatic nitrogens is 3. The Balaban J connectivity index is 1.70. The number of H-pyrrole nitrogens is 1. The van der Waals surface area contributed by atoms with Gasteiger partial charge < -0.3 is 5.32 Å². The number of amides is 1. The number of aromatic amines is 1. The molecular formula is C21H16N4O2. The standard InChI is InChI=1S/C21H16N4O2/c1-13(26)15-3-2-4-16(11-15)20-18-12-17(5-6-19(18)24-25-20)23-21(27)14-7-9-22-10-8-14/h2-12H,1H3,(H,23,27)(H,24,25). The largest absolute Gasteiger partial charge is 0.322 e. The first kappa shape index (κ1) is 16.7. The van der Waals surface area contributed by atoms with E-state index < -0.39 is 0 Å². The molecule has 2 aromatic carbocycles. The maximum atomic E-state index is 12.4. The number of anilines is 1. The molecule has 0 radical (unpaired) electrons. The molecule has 0 unspecified atom stereocenters. The van der Waals surface area contributed by atoms with E-state index in [2.05, 4.69) is 20.5 Å². The van der Waals surface area contributed by atoms with Crippen LogP contribution in [-0.4, -0.2) is 26.9 Å². The lowest BCUT2D eigenvalue weighted by molar-refractivity contribution is 0.101. The van der Waals surface area contributed by atoms with Gasteiger partial charge in [0.1, 0.15) is 0 Å². The Hall–Kier alpha value is -3.80. The number of ketones is 1. The summed E-state index contributed by atoms with van der Waals surface area (Å²) in [6.45, 7) is 1.54. The van der Waals surface area contributed by atoms with Gasteiger partial charge in [-0.25, -0.2) is 0 Å². The Morgan fingerprint density at radius 3 is 2.56 bits per heavy atom. The molecule has 27 heavy (non-hydrogen) atoms. The molecule has 0 saturated carbocycles. The van der Waals surface area contributed by atoms with E-state index in [1.54, 1.807) is 30.6 Å². The van der Waals surface area contributed by atoms with Crippen LogP contribution in [-0.2, 0) is 0 Å². The van der Waals surface area contributed by atoms with Crippen molar-refractivity contribution in [1.29, 1.82) is 0 Å². The maximum Gasteiger partial charge on any atom is 0.255 e. The molecule has 0 atom stereocenters. The van der Waals surface area contributed by atoms with Crippen molar-refractivity contribution in [1.82, 2.24) is 15.2 Å². The van der Waals surface area contributed by atoms with Crippen LogP contribution in [0.15, 0.2) is 67.0 Å². The van der Waals surface area contributed by atoms with Crippen molar-refractivity contribution in [3.63, 3.8) is 0 Å². The van der Waals surface area contributed by atoms with Gasteiger partial charge in [-0.1, -0.05) is 18.2 Å². The number of carbonyl (C=O) groups excluding carboxylic acids is 2. The third-order valence-corrected chi connectivity index (χ3v) is 4.31. The van der Waals surface area contributed by atoms with Crippen molar-refractivity contribution in [3.8, 4) is 11.3 Å². The molecule has 4 aromatic rings. The summed E-state index contributed by atoms with van der Waals surface area (Å²) in [4.78, 5) is 27.9. The lowest BCUT2D eigenvalue weighted by Gasteiger charge is -2.06. The molecule has 0 aliphatic rings. The van der Waals surface area contributed by atoms with E-state index in [4.69, 9.17) is 0 Å². The van der Waals surface area contributed by atoms with Crippen molar-refractivity contribution in [3.05, 3.63) is 78.1 Å². The maximum absolute atomic E-state index is 12.4. The molecule has 1 amide bonds. The molecule has 0 fully saturated rings. The van der Waals surface area contributed by atoms with Crippen LogP contribution in [0.2, 0.25) is 0 Å². The molecule has 4 rings (SSSR count). The molecule has 6 nitrogen and oxygen atoms in total. The van der Waals surface area contributed by atoms with Crippen LogP contribution >= 0.6 is 0 Å². The number of hydrogen-bond acceptors (Lipinski definition) is 4. The summed E-state index contributed by atoms with van der Waals surface area (Å²) in [6, 6.07) is 16.2. The molecule has 2 heterocycles. The van der Waals surface area contributed by atoms with Crippen LogP contribution < -0.4 is 5.32 Å². The van der Waals surface area contributed by atoms with E-state index in [-0.39, 0.29) is 11.7 Å². The Labute approximate surface area is 155 Å². The summed E-state index contributed by atoms with van der Waals surface area (Å²) < 4.78 is 0. The summed E-state index contributed by atoms with van der Waals surface area (Å²) in [5.41, 5.74) is 4.24. The number of Topliss-reactive ketones (excluding diaryl/α,β-unsaturated/α-hetero) is 1. The molecule has 0 bridgehead atoms. The van der Waals surface area contributed by atoms with E-state index in [0.29, 0.717) is 16.8 Å². The number of rotatable bonds is 4. The predicted octanol–water partition coefficient (Wildman–Crippen LogP) is 4.08. The van der Waals surface area contributed by atoms with E-state index in [1.807, 2.05) is 36.4 Å². The summed E-state index contributed by atoms with van der Waals surface area (Å²) >= 11 is 0. The average molecular weight is 356 g/mol. The highest BCUT2D eigenvalue weighted by Gasteiger charge is 2.12. The van der Waals surface area contributed by atoms with Gasteiger partial charge >= 0.3 is 0 Å². The number of fused-ring (bicyclic) bond motifs is 1. The van der Waals surface area contributed by atoms with Crippen LogP contribution in [0.1, 0.15) is 27.6 Å². The lowest BCUT2D eigenvalue weighted by Crippen LogP contribution is -2.11. The predicted molar refractivity (Wildman–Crippen MR) is 104 cm³/mol. The van der Waals surface area contributed by atoms with Gasteiger partial charge in [0.25, 0.3) is 5.91 Å². The monoisotopic (exact) mass is 356 g/mol. The van der Waals surface area contributed by atoms with Crippen molar-refractivity contribution in [2.75, 3.05) is 5.32 Å². The molecule has 132 valence electrons. The van der Waals surface area contributed by atoms with Crippen molar-refractivity contribution in [2.45, 2.75) is 6.92 Å². The second-order valence-electron chi connectivity index (χ2n) is 6.16. The second kappa shape index (κ2) is 6.84. The first-order valence-corrected chi connectivity index (χ1v) is 8.43. The van der Waals surface area contributed by atoms with Crippen LogP contribution in [0.25, 0.3) is 22.2 Å². The summed E-state index contributed by atoms with van der Waals surface area (Å²) in [7, 11) is 0. The minimum absolute atomic E-state index is 0.00185. The minimum atomic E-state index is -0.208. The topological polar surface area (TPSA) is 87.7 Å². The fourth-order valence-corrected chi connectivity index (χ4v) is 2.90. The molecule has 0 aliphatic carbocycles. The molecule has 2 aromatic heterocycles. The average Bonchev–Trinajstić information content (AvgIpc) is 3.12. The summed E-state index contributed by atoms with van der Waals surface area (Å²) in [5.74, 6) is -0.206. The Bertz CT molecular complexity index is 1150. The normalized spacial score (nSPS) is 10.7. The molecule has 2 N–H and O–H groups in total. The zero-order chi connectivity index (χ0) is 18.8. The third-order valence-electron chi connectivity index (χ3n) is 4.31. The Morgan fingerprint density at radius 2 is 1.78 bits per heavy atom. The first-order valence-electron chi connectivity index (χ1n) is 8.43. The highest BCUT2D eigenvalue weighted by molar-refractivity contribution is 6.06. The van der Waals surface area contributed by atoms with Crippen LogP contribution in [0.5, 0.6) is 0 Å². The number of pyridine rings is 1. The first-order chi connectivity index (χ1) is 13.1. The molecule has 6 heteroatoms. The highest BCUT2D eigenvalue weighted by Crippen LogP contribution is 2.29. The van der Waals surface area contributed by atoms with Crippen LogP contribution in [0.3, 0.4) is 0 Å². The van der Waals surface area contributed by atoms with Gasteiger partial charge in [0, 0.05) is 40.2 Å².